The standard InChI is InChI=1S/C18H23N3O3/c1-12(22)16-14-7-5-6-8-15(14)21(19-16)11-13-9-20(10-13)17(23)24-18(2,3)4/h5-8,13H,9-11H2,1-4H3. The van der Waals surface area contributed by atoms with Crippen LogP contribution in [0.15, 0.2) is 24.3 Å². The van der Waals surface area contributed by atoms with Crippen molar-refractivity contribution < 1.29 is 14.3 Å². The summed E-state index contributed by atoms with van der Waals surface area (Å²) in [5.41, 5.74) is 0.990. The van der Waals surface area contributed by atoms with Crippen LogP contribution in [-0.2, 0) is 11.3 Å². The summed E-state index contributed by atoms with van der Waals surface area (Å²) in [4.78, 5) is 25.5. The molecule has 0 atom stereocenters. The first-order valence-electron chi connectivity index (χ1n) is 8.19. The maximum atomic E-state index is 12.0. The van der Waals surface area contributed by atoms with Crippen LogP contribution >= 0.6 is 0 Å². The summed E-state index contributed by atoms with van der Waals surface area (Å²) >= 11 is 0. The molecule has 0 N–H and O–H groups in total. The molecule has 1 aliphatic rings. The molecule has 1 aliphatic heterocycles. The van der Waals surface area contributed by atoms with Gasteiger partial charge < -0.3 is 9.64 Å². The molecule has 2 aromatic rings. The number of hydrogen-bond donors (Lipinski definition) is 0. The quantitative estimate of drug-likeness (QED) is 0.812. The molecule has 24 heavy (non-hydrogen) atoms. The van der Waals surface area contributed by atoms with Gasteiger partial charge in [-0.15, -0.1) is 0 Å². The van der Waals surface area contributed by atoms with Crippen molar-refractivity contribution in [3.8, 4) is 0 Å². The van der Waals surface area contributed by atoms with E-state index in [0.717, 1.165) is 10.9 Å². The number of amides is 1. The third-order valence-corrected chi connectivity index (χ3v) is 4.03. The molecule has 1 aromatic carbocycles. The van der Waals surface area contributed by atoms with Gasteiger partial charge in [-0.25, -0.2) is 4.79 Å². The van der Waals surface area contributed by atoms with E-state index in [0.29, 0.717) is 31.2 Å². The van der Waals surface area contributed by atoms with Crippen LogP contribution < -0.4 is 0 Å². The van der Waals surface area contributed by atoms with Crippen molar-refractivity contribution in [3.63, 3.8) is 0 Å². The van der Waals surface area contributed by atoms with E-state index in [1.165, 1.54) is 6.92 Å². The summed E-state index contributed by atoms with van der Waals surface area (Å²) < 4.78 is 7.24. The van der Waals surface area contributed by atoms with Crippen LogP contribution in [0.2, 0.25) is 0 Å². The van der Waals surface area contributed by atoms with Crippen molar-refractivity contribution in [2.45, 2.75) is 39.8 Å². The fourth-order valence-corrected chi connectivity index (χ4v) is 2.93. The molecule has 0 unspecified atom stereocenters. The maximum absolute atomic E-state index is 12.0. The number of ether oxygens (including phenoxy) is 1. The third kappa shape index (κ3) is 3.27. The minimum atomic E-state index is -0.475. The van der Waals surface area contributed by atoms with Gasteiger partial charge >= 0.3 is 6.09 Å². The van der Waals surface area contributed by atoms with E-state index in [4.69, 9.17) is 4.74 Å². The van der Waals surface area contributed by atoms with E-state index in [1.54, 1.807) is 4.90 Å². The Morgan fingerprint density at radius 2 is 1.92 bits per heavy atom. The monoisotopic (exact) mass is 329 g/mol. The van der Waals surface area contributed by atoms with Crippen molar-refractivity contribution >= 4 is 22.8 Å². The van der Waals surface area contributed by atoms with E-state index in [9.17, 15) is 9.59 Å². The molecule has 0 radical (unpaired) electrons. The number of fused-ring (bicyclic) bond motifs is 1. The molecule has 0 aliphatic carbocycles. The molecule has 1 saturated heterocycles. The highest BCUT2D eigenvalue weighted by Crippen LogP contribution is 2.24. The lowest BCUT2D eigenvalue weighted by molar-refractivity contribution is -0.00364. The minimum absolute atomic E-state index is 0.0334. The molecule has 1 aromatic heterocycles. The number of aromatic nitrogens is 2. The first kappa shape index (κ1) is 16.5. The van der Waals surface area contributed by atoms with Crippen LogP contribution in [-0.4, -0.2) is 45.2 Å². The van der Waals surface area contributed by atoms with Crippen LogP contribution in [0.3, 0.4) is 0 Å². The Bertz CT molecular complexity index is 782. The zero-order valence-electron chi connectivity index (χ0n) is 14.6. The van der Waals surface area contributed by atoms with E-state index in [1.807, 2.05) is 49.7 Å². The summed E-state index contributed by atoms with van der Waals surface area (Å²) in [6.45, 7) is 9.11. The summed E-state index contributed by atoms with van der Waals surface area (Å²) in [6.07, 6.45) is -0.270. The van der Waals surface area contributed by atoms with E-state index < -0.39 is 5.60 Å². The molecular weight excluding hydrogens is 306 g/mol. The Balaban J connectivity index is 1.68. The largest absolute Gasteiger partial charge is 0.444 e. The van der Waals surface area contributed by atoms with Gasteiger partial charge in [0.2, 0.25) is 0 Å². The van der Waals surface area contributed by atoms with Crippen LogP contribution in [0.1, 0.15) is 38.2 Å². The number of likely N-dealkylation sites (tertiary alicyclic amines) is 1. The smallest absolute Gasteiger partial charge is 0.410 e. The Kier molecular flexibility index (Phi) is 4.07. The SMILES string of the molecule is CC(=O)c1nn(CC2CN(C(=O)OC(C)(C)C)C2)c2ccccc12. The molecule has 128 valence electrons. The van der Waals surface area contributed by atoms with Gasteiger partial charge in [0.05, 0.1) is 5.52 Å². The van der Waals surface area contributed by atoms with Gasteiger partial charge in [-0.05, 0) is 26.8 Å². The zero-order chi connectivity index (χ0) is 17.5. The Labute approximate surface area is 141 Å². The normalized spacial score (nSPS) is 15.4. The molecule has 1 fully saturated rings. The summed E-state index contributed by atoms with van der Waals surface area (Å²) in [5, 5.41) is 5.36. The average molecular weight is 329 g/mol. The van der Waals surface area contributed by atoms with Crippen LogP contribution in [0.25, 0.3) is 10.9 Å². The van der Waals surface area contributed by atoms with Gasteiger partial charge in [-0.1, -0.05) is 18.2 Å². The highest BCUT2D eigenvalue weighted by molar-refractivity contribution is 6.04. The number of nitrogens with zero attached hydrogens (tertiary/aromatic N) is 3. The Morgan fingerprint density at radius 1 is 1.25 bits per heavy atom. The lowest BCUT2D eigenvalue weighted by Gasteiger charge is -2.39. The van der Waals surface area contributed by atoms with Crippen molar-refractivity contribution in [1.29, 1.82) is 0 Å². The number of hydrogen-bond acceptors (Lipinski definition) is 4. The number of ketones is 1. The second kappa shape index (κ2) is 5.92. The lowest BCUT2D eigenvalue weighted by atomic mass is 10.0. The van der Waals surface area contributed by atoms with Crippen molar-refractivity contribution in [1.82, 2.24) is 14.7 Å². The average Bonchev–Trinajstić information content (AvgIpc) is 2.79. The van der Waals surface area contributed by atoms with E-state index in [2.05, 4.69) is 5.10 Å². The molecule has 0 spiro atoms. The molecule has 3 rings (SSSR count). The first-order valence-corrected chi connectivity index (χ1v) is 8.19. The van der Waals surface area contributed by atoms with Gasteiger partial charge in [0.25, 0.3) is 0 Å². The number of benzene rings is 1. The summed E-state index contributed by atoms with van der Waals surface area (Å²) in [6, 6.07) is 7.75. The Morgan fingerprint density at radius 3 is 2.54 bits per heavy atom. The molecule has 6 heteroatoms. The van der Waals surface area contributed by atoms with Crippen molar-refractivity contribution in [2.75, 3.05) is 13.1 Å². The summed E-state index contributed by atoms with van der Waals surface area (Å²) in [7, 11) is 0. The highest BCUT2D eigenvalue weighted by atomic mass is 16.6. The predicted molar refractivity (Wildman–Crippen MR) is 91.0 cm³/mol. The lowest BCUT2D eigenvalue weighted by Crippen LogP contribution is -2.52. The van der Waals surface area contributed by atoms with Crippen molar-refractivity contribution in [3.05, 3.63) is 30.0 Å². The van der Waals surface area contributed by atoms with Gasteiger partial charge in [0.1, 0.15) is 11.3 Å². The van der Waals surface area contributed by atoms with E-state index in [-0.39, 0.29) is 11.9 Å². The van der Waals surface area contributed by atoms with Gasteiger partial charge in [-0.2, -0.15) is 5.10 Å². The summed E-state index contributed by atoms with van der Waals surface area (Å²) in [5.74, 6) is 0.287. The second-order valence-corrected chi connectivity index (χ2v) is 7.36. The van der Waals surface area contributed by atoms with Gasteiger partial charge in [0, 0.05) is 37.9 Å². The Hall–Kier alpha value is -2.37. The number of Topliss-reactive ketones (excluding diaryl/α,β-unsaturated/α-hetero) is 1. The molecule has 0 saturated carbocycles. The van der Waals surface area contributed by atoms with Gasteiger partial charge in [0.15, 0.2) is 5.78 Å². The maximum Gasteiger partial charge on any atom is 0.410 e. The van der Waals surface area contributed by atoms with Crippen LogP contribution in [0.4, 0.5) is 4.79 Å². The number of para-hydroxylation sites is 1. The fourth-order valence-electron chi connectivity index (χ4n) is 2.93. The fraction of sp³-hybridized carbons (Fsp3) is 0.500. The van der Waals surface area contributed by atoms with E-state index >= 15 is 0 Å². The molecule has 0 bridgehead atoms. The third-order valence-electron chi connectivity index (χ3n) is 4.03. The molecule has 6 nitrogen and oxygen atoms in total. The molecule has 1 amide bonds. The highest BCUT2D eigenvalue weighted by Gasteiger charge is 2.34. The number of carbonyl (C=O) groups excluding carboxylic acids is 2. The molecule has 2 heterocycles. The zero-order valence-corrected chi connectivity index (χ0v) is 14.6. The minimum Gasteiger partial charge on any atom is -0.444 e. The molecular formula is C18H23N3O3. The number of rotatable bonds is 3. The van der Waals surface area contributed by atoms with Crippen molar-refractivity contribution in [2.24, 2.45) is 5.92 Å². The second-order valence-electron chi connectivity index (χ2n) is 7.36. The van der Waals surface area contributed by atoms with Gasteiger partial charge in [-0.3, -0.25) is 9.48 Å². The first-order chi connectivity index (χ1) is 11.2. The predicted octanol–water partition coefficient (Wildman–Crippen LogP) is 3.11. The van der Waals surface area contributed by atoms with Crippen LogP contribution in [0.5, 0.6) is 0 Å². The topological polar surface area (TPSA) is 64.4 Å². The van der Waals surface area contributed by atoms with Crippen LogP contribution in [0, 0.1) is 5.92 Å². The number of carbonyl (C=O) groups is 2.